The molecule has 2 aliphatic heterocycles. The van der Waals surface area contributed by atoms with Crippen molar-refractivity contribution >= 4 is 11.8 Å². The fourth-order valence-electron chi connectivity index (χ4n) is 3.50. The normalized spacial score (nSPS) is 18.4. The molecule has 0 aliphatic carbocycles. The van der Waals surface area contributed by atoms with Crippen molar-refractivity contribution in [2.24, 2.45) is 0 Å². The molecule has 3 heterocycles. The number of fused-ring (bicyclic) bond motifs is 1. The first-order valence-electron chi connectivity index (χ1n) is 9.54. The van der Waals surface area contributed by atoms with Crippen molar-refractivity contribution in [1.29, 1.82) is 0 Å². The summed E-state index contributed by atoms with van der Waals surface area (Å²) in [6, 6.07) is 16.1. The number of hydrogen-bond donors (Lipinski definition) is 0. The smallest absolute Gasteiger partial charge is 0.231 e. The van der Waals surface area contributed by atoms with Crippen molar-refractivity contribution in [3.8, 4) is 28.6 Å². The third-order valence-electron chi connectivity index (χ3n) is 4.95. The molecule has 0 spiro atoms. The topological polar surface area (TPSA) is 58.4 Å². The van der Waals surface area contributed by atoms with Gasteiger partial charge in [0.1, 0.15) is 0 Å². The van der Waals surface area contributed by atoms with E-state index in [0.29, 0.717) is 0 Å². The van der Waals surface area contributed by atoms with Crippen LogP contribution < -0.4 is 9.47 Å². The van der Waals surface area contributed by atoms with Gasteiger partial charge >= 0.3 is 0 Å². The first-order chi connectivity index (χ1) is 13.9. The molecule has 6 nitrogen and oxygen atoms in total. The molecule has 3 aromatic rings. The zero-order valence-electron chi connectivity index (χ0n) is 15.4. The monoisotopic (exact) mass is 395 g/mol. The number of para-hydroxylation sites is 1. The van der Waals surface area contributed by atoms with Gasteiger partial charge in [-0.1, -0.05) is 30.0 Å². The number of nitrogens with zero attached hydrogens (tertiary/aromatic N) is 3. The second-order valence-corrected chi connectivity index (χ2v) is 7.83. The maximum Gasteiger partial charge on any atom is 0.231 e. The highest BCUT2D eigenvalue weighted by atomic mass is 32.2. The van der Waals surface area contributed by atoms with Crippen molar-refractivity contribution in [2.75, 3.05) is 19.2 Å². The highest BCUT2D eigenvalue weighted by Gasteiger charge is 2.21. The van der Waals surface area contributed by atoms with Crippen molar-refractivity contribution in [3.63, 3.8) is 0 Å². The first kappa shape index (κ1) is 17.6. The molecule has 0 N–H and O–H groups in total. The Labute approximate surface area is 167 Å². The van der Waals surface area contributed by atoms with Crippen LogP contribution in [0.4, 0.5) is 0 Å². The predicted molar refractivity (Wildman–Crippen MR) is 107 cm³/mol. The average molecular weight is 395 g/mol. The van der Waals surface area contributed by atoms with E-state index in [2.05, 4.69) is 26.9 Å². The van der Waals surface area contributed by atoms with Gasteiger partial charge in [0.25, 0.3) is 0 Å². The van der Waals surface area contributed by atoms with Gasteiger partial charge in [0.15, 0.2) is 22.5 Å². The third-order valence-corrected chi connectivity index (χ3v) is 6.01. The molecule has 1 saturated heterocycles. The fourth-order valence-corrected chi connectivity index (χ4v) is 4.52. The maximum absolute atomic E-state index is 5.88. The fraction of sp³-hybridized carbons (Fsp3) is 0.333. The Hall–Kier alpha value is -2.51. The second-order valence-electron chi connectivity index (χ2n) is 6.84. The summed E-state index contributed by atoms with van der Waals surface area (Å²) in [5, 5.41) is 9.87. The first-order valence-corrected chi connectivity index (χ1v) is 10.5. The van der Waals surface area contributed by atoms with E-state index in [0.717, 1.165) is 58.9 Å². The molecule has 0 unspecified atom stereocenters. The van der Waals surface area contributed by atoms with E-state index in [4.69, 9.17) is 14.2 Å². The van der Waals surface area contributed by atoms with Gasteiger partial charge in [-0.05, 0) is 49.6 Å². The van der Waals surface area contributed by atoms with Crippen molar-refractivity contribution in [1.82, 2.24) is 14.8 Å². The van der Waals surface area contributed by atoms with E-state index < -0.39 is 0 Å². The van der Waals surface area contributed by atoms with Gasteiger partial charge in [0.2, 0.25) is 6.79 Å². The number of aromatic nitrogens is 3. The standard InChI is InChI=1S/C21H21N3O3S/c1-2-6-16(7-3-1)24-20(15-9-10-18-19(12-15)27-14-26-18)22-23-21(24)28-13-17-8-4-5-11-25-17/h1-3,6-7,9-10,12,17H,4-5,8,11,13-14H2/t17-/m1/s1. The quantitative estimate of drug-likeness (QED) is 0.600. The second kappa shape index (κ2) is 7.85. The average Bonchev–Trinajstić information content (AvgIpc) is 3.40. The van der Waals surface area contributed by atoms with E-state index in [1.165, 1.54) is 6.42 Å². The molecule has 1 aromatic heterocycles. The summed E-state index contributed by atoms with van der Waals surface area (Å²) < 4.78 is 19.0. The largest absolute Gasteiger partial charge is 0.454 e. The van der Waals surface area contributed by atoms with Crippen LogP contribution >= 0.6 is 11.8 Å². The van der Waals surface area contributed by atoms with Crippen LogP contribution in [0, 0.1) is 0 Å². The molecule has 1 atom stereocenters. The maximum atomic E-state index is 5.88. The van der Waals surface area contributed by atoms with E-state index in [9.17, 15) is 0 Å². The minimum atomic E-state index is 0.257. The number of rotatable bonds is 5. The van der Waals surface area contributed by atoms with Crippen LogP contribution in [0.25, 0.3) is 17.1 Å². The van der Waals surface area contributed by atoms with Crippen LogP contribution in [0.2, 0.25) is 0 Å². The summed E-state index contributed by atoms with van der Waals surface area (Å²) in [7, 11) is 0. The molecule has 7 heteroatoms. The van der Waals surface area contributed by atoms with Crippen molar-refractivity contribution < 1.29 is 14.2 Å². The number of hydrogen-bond acceptors (Lipinski definition) is 6. The lowest BCUT2D eigenvalue weighted by molar-refractivity contribution is 0.0315. The molecule has 144 valence electrons. The molecule has 0 radical (unpaired) electrons. The lowest BCUT2D eigenvalue weighted by atomic mass is 10.1. The lowest BCUT2D eigenvalue weighted by Gasteiger charge is -2.22. The molecule has 2 aromatic carbocycles. The van der Waals surface area contributed by atoms with Gasteiger partial charge in [-0.2, -0.15) is 0 Å². The number of benzene rings is 2. The van der Waals surface area contributed by atoms with Crippen LogP contribution in [-0.4, -0.2) is 40.0 Å². The molecule has 2 aliphatic rings. The Balaban J connectivity index is 1.49. The molecule has 0 saturated carbocycles. The summed E-state index contributed by atoms with van der Waals surface area (Å²) in [6.45, 7) is 1.12. The van der Waals surface area contributed by atoms with Gasteiger partial charge < -0.3 is 14.2 Å². The highest BCUT2D eigenvalue weighted by molar-refractivity contribution is 7.99. The zero-order valence-corrected chi connectivity index (χ0v) is 16.2. The van der Waals surface area contributed by atoms with Crippen LogP contribution in [0.1, 0.15) is 19.3 Å². The summed E-state index contributed by atoms with van der Waals surface area (Å²) in [6.07, 6.45) is 3.80. The molecule has 1 fully saturated rings. The SMILES string of the molecule is c1ccc(-n2c(SC[C@H]3CCCCO3)nnc2-c2ccc3c(c2)OCO3)cc1. The molecule has 0 amide bonds. The number of ether oxygens (including phenoxy) is 3. The zero-order chi connectivity index (χ0) is 18.8. The Morgan fingerprint density at radius 2 is 1.89 bits per heavy atom. The number of thioether (sulfide) groups is 1. The third kappa shape index (κ3) is 3.47. The Kier molecular flexibility index (Phi) is 4.93. The van der Waals surface area contributed by atoms with Crippen LogP contribution in [0.3, 0.4) is 0 Å². The van der Waals surface area contributed by atoms with Crippen LogP contribution in [0.5, 0.6) is 11.5 Å². The molecular weight excluding hydrogens is 374 g/mol. The Morgan fingerprint density at radius 3 is 2.75 bits per heavy atom. The van der Waals surface area contributed by atoms with Crippen LogP contribution in [-0.2, 0) is 4.74 Å². The van der Waals surface area contributed by atoms with Crippen LogP contribution in [0.15, 0.2) is 53.7 Å². The van der Waals surface area contributed by atoms with E-state index in [1.807, 2.05) is 36.4 Å². The predicted octanol–water partition coefficient (Wildman–Crippen LogP) is 4.32. The van der Waals surface area contributed by atoms with Crippen molar-refractivity contribution in [2.45, 2.75) is 30.5 Å². The molecule has 5 rings (SSSR count). The van der Waals surface area contributed by atoms with E-state index in [1.54, 1.807) is 11.8 Å². The lowest BCUT2D eigenvalue weighted by Crippen LogP contribution is -2.21. The van der Waals surface area contributed by atoms with Gasteiger partial charge in [-0.15, -0.1) is 10.2 Å². The molecule has 28 heavy (non-hydrogen) atoms. The minimum absolute atomic E-state index is 0.257. The van der Waals surface area contributed by atoms with Gasteiger partial charge in [-0.3, -0.25) is 4.57 Å². The summed E-state index contributed by atoms with van der Waals surface area (Å²) >= 11 is 1.70. The van der Waals surface area contributed by atoms with E-state index >= 15 is 0 Å². The van der Waals surface area contributed by atoms with Gasteiger partial charge in [0, 0.05) is 23.6 Å². The Morgan fingerprint density at radius 1 is 1.00 bits per heavy atom. The van der Waals surface area contributed by atoms with Gasteiger partial charge in [0.05, 0.1) is 6.10 Å². The molecular formula is C21H21N3O3S. The molecule has 0 bridgehead atoms. The Bertz CT molecular complexity index is 955. The van der Waals surface area contributed by atoms with Gasteiger partial charge in [-0.25, -0.2) is 0 Å². The summed E-state index contributed by atoms with van der Waals surface area (Å²) in [4.78, 5) is 0. The summed E-state index contributed by atoms with van der Waals surface area (Å²) in [5.41, 5.74) is 1.98. The summed E-state index contributed by atoms with van der Waals surface area (Å²) in [5.74, 6) is 3.17. The minimum Gasteiger partial charge on any atom is -0.454 e. The van der Waals surface area contributed by atoms with Crippen molar-refractivity contribution in [3.05, 3.63) is 48.5 Å². The van der Waals surface area contributed by atoms with E-state index in [-0.39, 0.29) is 12.9 Å². The highest BCUT2D eigenvalue weighted by Crippen LogP contribution is 2.37.